The summed E-state index contributed by atoms with van der Waals surface area (Å²) in [6, 6.07) is 5.96. The topological polar surface area (TPSA) is 49.3 Å². The summed E-state index contributed by atoms with van der Waals surface area (Å²) < 4.78 is 0. The van der Waals surface area contributed by atoms with Crippen molar-refractivity contribution in [2.24, 2.45) is 0 Å². The van der Waals surface area contributed by atoms with Crippen molar-refractivity contribution in [1.29, 1.82) is 0 Å². The molecule has 0 radical (unpaired) electrons. The molecule has 0 aliphatic rings. The van der Waals surface area contributed by atoms with Crippen molar-refractivity contribution in [3.8, 4) is 0 Å². The monoisotopic (exact) mass is 295 g/mol. The van der Waals surface area contributed by atoms with Crippen LogP contribution in [-0.2, 0) is 12.0 Å². The van der Waals surface area contributed by atoms with Crippen LogP contribution in [0.2, 0.25) is 0 Å². The van der Waals surface area contributed by atoms with Gasteiger partial charge in [0.1, 0.15) is 0 Å². The third-order valence-corrected chi connectivity index (χ3v) is 5.13. The minimum atomic E-state index is -0.860. The summed E-state index contributed by atoms with van der Waals surface area (Å²) in [5.74, 6) is -0.860. The first-order valence-corrected chi connectivity index (χ1v) is 7.80. The van der Waals surface area contributed by atoms with Gasteiger partial charge >= 0.3 is 5.97 Å². The molecule has 0 saturated carbocycles. The van der Waals surface area contributed by atoms with Crippen LogP contribution in [0.5, 0.6) is 0 Å². The molecule has 0 amide bonds. The lowest BCUT2D eigenvalue weighted by Crippen LogP contribution is -2.31. The second-order valence-corrected chi connectivity index (χ2v) is 7.02. The van der Waals surface area contributed by atoms with Gasteiger partial charge < -0.3 is 10.4 Å². The molecule has 2 N–H and O–H groups in total. The van der Waals surface area contributed by atoms with E-state index in [1.165, 1.54) is 16.2 Å². The summed E-state index contributed by atoms with van der Waals surface area (Å²) in [4.78, 5) is 13.2. The lowest BCUT2D eigenvalue weighted by Gasteiger charge is -2.23. The Balaban J connectivity index is 1.87. The smallest absolute Gasteiger partial charge is 0.336 e. The van der Waals surface area contributed by atoms with Crippen LogP contribution in [0.4, 0.5) is 0 Å². The van der Waals surface area contributed by atoms with Gasteiger partial charge in [0.25, 0.3) is 0 Å². The molecule has 2 heterocycles. The molecule has 0 aliphatic heterocycles. The zero-order valence-corrected chi connectivity index (χ0v) is 12.6. The molecule has 3 nitrogen and oxygen atoms in total. The maximum Gasteiger partial charge on any atom is 0.336 e. The maximum absolute atomic E-state index is 10.8. The Bertz CT molecular complexity index is 544. The number of thiophene rings is 2. The number of hydrogen-bond acceptors (Lipinski definition) is 4. The van der Waals surface area contributed by atoms with E-state index in [9.17, 15) is 4.79 Å². The van der Waals surface area contributed by atoms with E-state index in [0.29, 0.717) is 12.1 Å². The fourth-order valence-electron chi connectivity index (χ4n) is 1.83. The number of carboxylic acid groups (broad SMARTS) is 1. The Kier molecular flexibility index (Phi) is 4.39. The summed E-state index contributed by atoms with van der Waals surface area (Å²) >= 11 is 3.25. The van der Waals surface area contributed by atoms with Crippen LogP contribution in [0.15, 0.2) is 29.0 Å². The molecule has 0 aromatic carbocycles. The van der Waals surface area contributed by atoms with E-state index < -0.39 is 5.97 Å². The van der Waals surface area contributed by atoms with Gasteiger partial charge in [0.15, 0.2) is 0 Å². The van der Waals surface area contributed by atoms with Gasteiger partial charge in [-0.15, -0.1) is 22.7 Å². The van der Waals surface area contributed by atoms with Gasteiger partial charge in [-0.2, -0.15) is 0 Å². The van der Waals surface area contributed by atoms with E-state index in [0.717, 1.165) is 11.4 Å². The van der Waals surface area contributed by atoms with Gasteiger partial charge in [0.05, 0.1) is 5.56 Å². The largest absolute Gasteiger partial charge is 0.478 e. The quantitative estimate of drug-likeness (QED) is 0.856. The molecule has 0 unspecified atom stereocenters. The van der Waals surface area contributed by atoms with Crippen molar-refractivity contribution >= 4 is 28.6 Å². The fourth-order valence-corrected chi connectivity index (χ4v) is 3.51. The van der Waals surface area contributed by atoms with Gasteiger partial charge in [-0.25, -0.2) is 4.79 Å². The molecular formula is C14H17NO2S2. The highest BCUT2D eigenvalue weighted by Gasteiger charge is 2.21. The Morgan fingerprint density at radius 1 is 1.42 bits per heavy atom. The Hall–Kier alpha value is -1.17. The Labute approximate surface area is 120 Å². The maximum atomic E-state index is 10.8. The van der Waals surface area contributed by atoms with Crippen LogP contribution < -0.4 is 5.32 Å². The van der Waals surface area contributed by atoms with E-state index >= 15 is 0 Å². The highest BCUT2D eigenvalue weighted by molar-refractivity contribution is 7.10. The first kappa shape index (κ1) is 14.2. The SMILES string of the molecule is CC(C)(CNCc1cc(C(=O)O)cs1)c1cccs1. The lowest BCUT2D eigenvalue weighted by molar-refractivity contribution is 0.0697. The first-order chi connectivity index (χ1) is 8.99. The van der Waals surface area contributed by atoms with Crippen LogP contribution in [0.3, 0.4) is 0 Å². The van der Waals surface area contributed by atoms with Gasteiger partial charge in [-0.3, -0.25) is 0 Å². The van der Waals surface area contributed by atoms with E-state index in [-0.39, 0.29) is 5.41 Å². The highest BCUT2D eigenvalue weighted by atomic mass is 32.1. The number of rotatable bonds is 6. The minimum absolute atomic E-state index is 0.0983. The van der Waals surface area contributed by atoms with E-state index in [2.05, 4.69) is 36.7 Å². The zero-order valence-electron chi connectivity index (χ0n) is 11.0. The third-order valence-electron chi connectivity index (χ3n) is 2.96. The average molecular weight is 295 g/mol. The molecule has 0 bridgehead atoms. The third kappa shape index (κ3) is 3.65. The predicted molar refractivity (Wildman–Crippen MR) is 80.3 cm³/mol. The highest BCUT2D eigenvalue weighted by Crippen LogP contribution is 2.26. The number of hydrogen-bond donors (Lipinski definition) is 2. The lowest BCUT2D eigenvalue weighted by atomic mass is 9.91. The molecule has 0 atom stereocenters. The van der Waals surface area contributed by atoms with E-state index in [1.807, 2.05) is 0 Å². The molecule has 2 rings (SSSR count). The van der Waals surface area contributed by atoms with Gasteiger partial charge in [0, 0.05) is 33.6 Å². The molecule has 0 spiro atoms. The van der Waals surface area contributed by atoms with Gasteiger partial charge in [-0.05, 0) is 17.5 Å². The van der Waals surface area contributed by atoms with E-state index in [1.54, 1.807) is 22.8 Å². The molecule has 2 aromatic rings. The van der Waals surface area contributed by atoms with Crippen molar-refractivity contribution in [3.63, 3.8) is 0 Å². The van der Waals surface area contributed by atoms with Gasteiger partial charge in [0.2, 0.25) is 0 Å². The Morgan fingerprint density at radius 3 is 2.79 bits per heavy atom. The van der Waals surface area contributed by atoms with Crippen LogP contribution in [0, 0.1) is 0 Å². The van der Waals surface area contributed by atoms with Crippen molar-refractivity contribution in [3.05, 3.63) is 44.3 Å². The summed E-state index contributed by atoms with van der Waals surface area (Å²) in [7, 11) is 0. The number of nitrogens with one attached hydrogen (secondary N) is 1. The number of carbonyl (C=O) groups is 1. The molecule has 102 valence electrons. The summed E-state index contributed by atoms with van der Waals surface area (Å²) in [5, 5.41) is 16.0. The van der Waals surface area contributed by atoms with Crippen molar-refractivity contribution in [2.75, 3.05) is 6.54 Å². The van der Waals surface area contributed by atoms with Crippen molar-refractivity contribution in [1.82, 2.24) is 5.32 Å². The number of carboxylic acids is 1. The number of aromatic carboxylic acids is 1. The van der Waals surface area contributed by atoms with E-state index in [4.69, 9.17) is 5.11 Å². The summed E-state index contributed by atoms with van der Waals surface area (Å²) in [5.41, 5.74) is 0.473. The van der Waals surface area contributed by atoms with Crippen LogP contribution in [-0.4, -0.2) is 17.6 Å². The zero-order chi connectivity index (χ0) is 13.9. The van der Waals surface area contributed by atoms with Gasteiger partial charge in [-0.1, -0.05) is 19.9 Å². The normalized spacial score (nSPS) is 11.7. The molecule has 0 aliphatic carbocycles. The molecule has 5 heteroatoms. The molecular weight excluding hydrogens is 278 g/mol. The average Bonchev–Trinajstić information content (AvgIpc) is 3.00. The minimum Gasteiger partial charge on any atom is -0.478 e. The molecule has 0 fully saturated rings. The van der Waals surface area contributed by atoms with Crippen molar-refractivity contribution in [2.45, 2.75) is 25.8 Å². The first-order valence-electron chi connectivity index (χ1n) is 6.04. The standard InChI is InChI=1S/C14H17NO2S2/c1-14(2,12-4-3-5-18-12)9-15-7-11-6-10(8-19-11)13(16)17/h3-6,8,15H,7,9H2,1-2H3,(H,16,17). The summed E-state index contributed by atoms with van der Waals surface area (Å²) in [6.45, 7) is 6.01. The second kappa shape index (κ2) is 5.86. The molecule has 0 saturated heterocycles. The summed E-state index contributed by atoms with van der Waals surface area (Å²) in [6.07, 6.45) is 0. The van der Waals surface area contributed by atoms with Crippen molar-refractivity contribution < 1.29 is 9.90 Å². The molecule has 19 heavy (non-hydrogen) atoms. The van der Waals surface area contributed by atoms with Crippen LogP contribution in [0.25, 0.3) is 0 Å². The van der Waals surface area contributed by atoms with Crippen LogP contribution in [0.1, 0.15) is 34.0 Å². The predicted octanol–water partition coefficient (Wildman–Crippen LogP) is 3.58. The Morgan fingerprint density at radius 2 is 2.21 bits per heavy atom. The van der Waals surface area contributed by atoms with Crippen LogP contribution >= 0.6 is 22.7 Å². The fraction of sp³-hybridized carbons (Fsp3) is 0.357. The second-order valence-electron chi connectivity index (χ2n) is 5.07. The molecule has 2 aromatic heterocycles.